The van der Waals surface area contributed by atoms with Crippen LogP contribution >= 0.6 is 0 Å². The van der Waals surface area contributed by atoms with Crippen molar-refractivity contribution >= 4 is 43.1 Å². The summed E-state index contributed by atoms with van der Waals surface area (Å²) in [5.41, 5.74) is 15.1. The van der Waals surface area contributed by atoms with Gasteiger partial charge >= 0.3 is 0 Å². The zero-order valence-electron chi connectivity index (χ0n) is 30.5. The lowest BCUT2D eigenvalue weighted by Gasteiger charge is -2.19. The summed E-state index contributed by atoms with van der Waals surface area (Å²) in [4.78, 5) is 0. The van der Waals surface area contributed by atoms with Crippen LogP contribution < -0.4 is 0 Å². The fourth-order valence-electron chi connectivity index (χ4n) is 9.03. The average molecular weight is 709 g/mol. The maximum atomic E-state index is 10.0. The van der Waals surface area contributed by atoms with E-state index in [0.717, 1.165) is 104 Å². The van der Waals surface area contributed by atoms with Gasteiger partial charge in [-0.25, -0.2) is 0 Å². The van der Waals surface area contributed by atoms with Gasteiger partial charge in [0, 0.05) is 5.56 Å². The highest BCUT2D eigenvalue weighted by atomic mass is 14.3. The van der Waals surface area contributed by atoms with Gasteiger partial charge in [0.2, 0.25) is 0 Å². The molecule has 256 valence electrons. The largest absolute Gasteiger partial charge is 0.192 e. The summed E-state index contributed by atoms with van der Waals surface area (Å²) in [6.07, 6.45) is 0. The summed E-state index contributed by atoms with van der Waals surface area (Å²) in [5, 5.41) is 48.1. The number of hydrogen-bond acceptors (Lipinski definition) is 4. The van der Waals surface area contributed by atoms with Gasteiger partial charge in [-0.1, -0.05) is 66.7 Å². The quantitative estimate of drug-likeness (QED) is 0.171. The van der Waals surface area contributed by atoms with Gasteiger partial charge < -0.3 is 0 Å². The van der Waals surface area contributed by atoms with Crippen LogP contribution in [0.1, 0.15) is 33.4 Å². The molecule has 0 saturated heterocycles. The van der Waals surface area contributed by atoms with Crippen LogP contribution in [0, 0.1) is 59.2 Å². The molecule has 0 spiro atoms. The van der Waals surface area contributed by atoms with E-state index in [1.807, 2.05) is 73.7 Å². The minimum Gasteiger partial charge on any atom is -0.192 e. The van der Waals surface area contributed by atoms with Gasteiger partial charge in [-0.05, 0) is 185 Å². The number of benzene rings is 9. The highest BCUT2D eigenvalue weighted by Crippen LogP contribution is 2.53. The molecule has 0 radical (unpaired) electrons. The van der Waals surface area contributed by atoms with Crippen molar-refractivity contribution in [3.8, 4) is 79.9 Å². The van der Waals surface area contributed by atoms with Crippen molar-refractivity contribution in [3.05, 3.63) is 167 Å². The van der Waals surface area contributed by atoms with Crippen LogP contribution in [0.15, 0.2) is 133 Å². The third-order valence-corrected chi connectivity index (χ3v) is 11.6. The van der Waals surface area contributed by atoms with Gasteiger partial charge in [0.15, 0.2) is 0 Å². The summed E-state index contributed by atoms with van der Waals surface area (Å²) in [7, 11) is 0. The van der Waals surface area contributed by atoms with E-state index in [1.54, 1.807) is 0 Å². The first-order chi connectivity index (χ1) is 27.4. The lowest BCUT2D eigenvalue weighted by atomic mass is 9.84. The molecule has 0 atom stereocenters. The topological polar surface area (TPSA) is 95.2 Å². The number of nitriles is 4. The van der Waals surface area contributed by atoms with Gasteiger partial charge in [-0.15, -0.1) is 0 Å². The number of aryl methyl sites for hydroxylation is 2. The number of rotatable bonds is 3. The molecule has 0 aromatic heterocycles. The summed E-state index contributed by atoms with van der Waals surface area (Å²) in [6.45, 7) is 4.09. The molecular weight excluding hydrogens is 681 g/mol. The maximum absolute atomic E-state index is 10.0. The summed E-state index contributed by atoms with van der Waals surface area (Å²) in [6, 6.07) is 54.7. The second-order valence-electron chi connectivity index (χ2n) is 14.6. The molecule has 0 aliphatic heterocycles. The van der Waals surface area contributed by atoms with Crippen LogP contribution in [0.5, 0.6) is 0 Å². The molecule has 1 aliphatic rings. The van der Waals surface area contributed by atoms with Crippen molar-refractivity contribution < 1.29 is 0 Å². The second kappa shape index (κ2) is 12.3. The van der Waals surface area contributed by atoms with Crippen molar-refractivity contribution in [1.82, 2.24) is 0 Å². The van der Waals surface area contributed by atoms with Crippen LogP contribution in [-0.4, -0.2) is 0 Å². The predicted molar refractivity (Wildman–Crippen MR) is 226 cm³/mol. The molecule has 0 fully saturated rings. The molecule has 0 N–H and O–H groups in total. The Hall–Kier alpha value is -8.02. The van der Waals surface area contributed by atoms with Crippen LogP contribution in [-0.2, 0) is 0 Å². The van der Waals surface area contributed by atoms with Gasteiger partial charge in [-0.3, -0.25) is 0 Å². The van der Waals surface area contributed by atoms with Crippen LogP contribution in [0.2, 0.25) is 0 Å². The Morgan fingerprint density at radius 1 is 0.304 bits per heavy atom. The van der Waals surface area contributed by atoms with Gasteiger partial charge in [0.25, 0.3) is 0 Å². The Labute approximate surface area is 323 Å². The molecule has 0 amide bonds. The van der Waals surface area contributed by atoms with Crippen molar-refractivity contribution in [3.63, 3.8) is 0 Å². The molecule has 0 heterocycles. The SMILES string of the molecule is Cc1cc(C#N)ccc1-c1cc2c3cc4c(cc3c(-c3ccc(C#N)cc3C)cc2c2ccc(C#N)cc12)-c1cccc2c(-c3ccccc3C#N)ccc-4c12. The normalized spacial score (nSPS) is 11.3. The van der Waals surface area contributed by atoms with E-state index in [-0.39, 0.29) is 0 Å². The van der Waals surface area contributed by atoms with E-state index in [2.05, 4.69) is 97.9 Å². The molecule has 0 bridgehead atoms. The smallest absolute Gasteiger partial charge is 0.0998 e. The summed E-state index contributed by atoms with van der Waals surface area (Å²) in [5.74, 6) is 0. The minimum absolute atomic E-state index is 0.578. The van der Waals surface area contributed by atoms with Gasteiger partial charge in [0.1, 0.15) is 0 Å². The molecule has 0 saturated carbocycles. The number of nitrogens with zero attached hydrogens (tertiary/aromatic N) is 4. The Morgan fingerprint density at radius 3 is 1.43 bits per heavy atom. The number of fused-ring (bicyclic) bond motifs is 8. The predicted octanol–water partition coefficient (Wildman–Crippen LogP) is 13.1. The lowest BCUT2D eigenvalue weighted by molar-refractivity contribution is 1.42. The molecule has 9 aromatic carbocycles. The van der Waals surface area contributed by atoms with Crippen molar-refractivity contribution in [2.75, 3.05) is 0 Å². The molecule has 4 heteroatoms. The standard InChI is InChI=1S/C52H28N4/c1-29-18-31(25-53)10-13-35(29)44-22-50-46(39-15-12-33(27-55)20-43(39)44)21-45(36-14-11-32(26-54)19-30(36)2)49-23-47-41-9-5-8-40-38(37-7-4-3-6-34(37)28-56)16-17-42(52(40)41)48(47)24-51(49)50/h3-24H,1-2H3. The first-order valence-corrected chi connectivity index (χ1v) is 18.4. The van der Waals surface area contributed by atoms with E-state index in [0.29, 0.717) is 22.3 Å². The monoisotopic (exact) mass is 708 g/mol. The number of hydrogen-bond donors (Lipinski definition) is 0. The van der Waals surface area contributed by atoms with Gasteiger partial charge in [0.05, 0.1) is 46.5 Å². The van der Waals surface area contributed by atoms with Crippen LogP contribution in [0.3, 0.4) is 0 Å². The second-order valence-corrected chi connectivity index (χ2v) is 14.6. The van der Waals surface area contributed by atoms with E-state index in [4.69, 9.17) is 0 Å². The van der Waals surface area contributed by atoms with E-state index in [9.17, 15) is 21.0 Å². The fourth-order valence-corrected chi connectivity index (χ4v) is 9.03. The Morgan fingerprint density at radius 2 is 0.786 bits per heavy atom. The summed E-state index contributed by atoms with van der Waals surface area (Å²) < 4.78 is 0. The van der Waals surface area contributed by atoms with Crippen molar-refractivity contribution in [1.29, 1.82) is 21.0 Å². The minimum atomic E-state index is 0.578. The maximum Gasteiger partial charge on any atom is 0.0998 e. The van der Waals surface area contributed by atoms with Crippen LogP contribution in [0.25, 0.3) is 98.7 Å². The highest BCUT2D eigenvalue weighted by Gasteiger charge is 2.26. The van der Waals surface area contributed by atoms with Crippen LogP contribution in [0.4, 0.5) is 0 Å². The third-order valence-electron chi connectivity index (χ3n) is 11.6. The molecule has 9 aromatic rings. The molecular formula is C52H28N4. The summed E-state index contributed by atoms with van der Waals surface area (Å²) >= 11 is 0. The van der Waals surface area contributed by atoms with Crippen molar-refractivity contribution in [2.24, 2.45) is 0 Å². The molecule has 10 rings (SSSR count). The van der Waals surface area contributed by atoms with Gasteiger partial charge in [-0.2, -0.15) is 21.0 Å². The molecule has 56 heavy (non-hydrogen) atoms. The van der Waals surface area contributed by atoms with Crippen molar-refractivity contribution in [2.45, 2.75) is 13.8 Å². The first-order valence-electron chi connectivity index (χ1n) is 18.4. The van der Waals surface area contributed by atoms with E-state index >= 15 is 0 Å². The zero-order valence-corrected chi connectivity index (χ0v) is 30.5. The van der Waals surface area contributed by atoms with E-state index in [1.165, 1.54) is 5.39 Å². The fraction of sp³-hybridized carbons (Fsp3) is 0.0385. The highest BCUT2D eigenvalue weighted by molar-refractivity contribution is 6.27. The lowest BCUT2D eigenvalue weighted by Crippen LogP contribution is -1.93. The molecule has 4 nitrogen and oxygen atoms in total. The van der Waals surface area contributed by atoms with E-state index < -0.39 is 0 Å². The molecule has 0 unspecified atom stereocenters. The third kappa shape index (κ3) is 4.68. The Balaban J connectivity index is 1.35. The zero-order chi connectivity index (χ0) is 38.2. The first kappa shape index (κ1) is 32.6. The Kier molecular flexibility index (Phi) is 7.15. The molecule has 1 aliphatic carbocycles. The Bertz CT molecular complexity index is 3430. The average Bonchev–Trinajstić information content (AvgIpc) is 3.55.